The molecular weight excluding hydrogens is 246 g/mol. The molecule has 0 radical (unpaired) electrons. The van der Waals surface area contributed by atoms with Crippen LogP contribution in [-0.2, 0) is 19.9 Å². The van der Waals surface area contributed by atoms with Crippen molar-refractivity contribution >= 4 is 11.8 Å². The molecule has 0 fully saturated rings. The van der Waals surface area contributed by atoms with Crippen LogP contribution in [0.15, 0.2) is 35.5 Å². The van der Waals surface area contributed by atoms with Crippen molar-refractivity contribution in [3.05, 3.63) is 42.0 Å². The summed E-state index contributed by atoms with van der Waals surface area (Å²) in [6.07, 6.45) is 2.63. The molecule has 2 heterocycles. The maximum Gasteiger partial charge on any atom is 0.138 e. The molecule has 0 saturated heterocycles. The van der Waals surface area contributed by atoms with Gasteiger partial charge in [-0.3, -0.25) is 4.68 Å². The molecule has 18 heavy (non-hydrogen) atoms. The van der Waals surface area contributed by atoms with Gasteiger partial charge in [-0.2, -0.15) is 5.10 Å². The summed E-state index contributed by atoms with van der Waals surface area (Å²) in [5.41, 5.74) is 1.34. The number of hydrogen-bond donors (Lipinski definition) is 1. The van der Waals surface area contributed by atoms with Gasteiger partial charge in [0, 0.05) is 23.6 Å². The third kappa shape index (κ3) is 2.15. The van der Waals surface area contributed by atoms with E-state index in [9.17, 15) is 5.11 Å². The zero-order chi connectivity index (χ0) is 12.5. The molecule has 1 aromatic carbocycles. The van der Waals surface area contributed by atoms with Gasteiger partial charge in [0.15, 0.2) is 0 Å². The van der Waals surface area contributed by atoms with Crippen molar-refractivity contribution in [1.82, 2.24) is 14.8 Å². The van der Waals surface area contributed by atoms with Crippen LogP contribution in [0.1, 0.15) is 11.4 Å². The number of aromatic nitrogens is 3. The van der Waals surface area contributed by atoms with Crippen LogP contribution >= 0.6 is 11.8 Å². The van der Waals surface area contributed by atoms with Crippen LogP contribution in [0, 0.1) is 0 Å². The van der Waals surface area contributed by atoms with Gasteiger partial charge in [-0.1, -0.05) is 18.2 Å². The van der Waals surface area contributed by atoms with Gasteiger partial charge in [0.1, 0.15) is 12.2 Å². The molecule has 2 atom stereocenters. The number of thioether (sulfide) groups is 1. The van der Waals surface area contributed by atoms with E-state index in [0.717, 1.165) is 12.2 Å². The highest BCUT2D eigenvalue weighted by Gasteiger charge is 2.28. The number of nitrogens with zero attached hydrogens (tertiary/aromatic N) is 3. The molecule has 0 bridgehead atoms. The first-order valence-electron chi connectivity index (χ1n) is 5.99. The normalized spacial score (nSPS) is 19.8. The van der Waals surface area contributed by atoms with Crippen molar-refractivity contribution in [3.63, 3.8) is 0 Å². The molecule has 5 heteroatoms. The lowest BCUT2D eigenvalue weighted by Crippen LogP contribution is -2.26. The standard InChI is InChI=1S/C13H15N3OS/c1-16-13(14-8-15-16)7-10(17)12-6-9-4-2-3-5-11(9)18-12/h2-5,8,10,12,17H,6-7H2,1H3. The molecular formula is C13H15N3OS. The highest BCUT2D eigenvalue weighted by atomic mass is 32.2. The van der Waals surface area contributed by atoms with Crippen molar-refractivity contribution in [2.24, 2.45) is 7.05 Å². The number of hydrogen-bond acceptors (Lipinski definition) is 4. The largest absolute Gasteiger partial charge is 0.391 e. The van der Waals surface area contributed by atoms with E-state index in [2.05, 4.69) is 28.3 Å². The predicted molar refractivity (Wildman–Crippen MR) is 70.5 cm³/mol. The number of rotatable bonds is 3. The maximum atomic E-state index is 10.3. The van der Waals surface area contributed by atoms with E-state index in [1.165, 1.54) is 16.8 Å². The Morgan fingerprint density at radius 3 is 3.06 bits per heavy atom. The molecule has 3 rings (SSSR count). The van der Waals surface area contributed by atoms with Crippen LogP contribution < -0.4 is 0 Å². The molecule has 1 aliphatic rings. The van der Waals surface area contributed by atoms with E-state index < -0.39 is 0 Å². The minimum Gasteiger partial charge on any atom is -0.391 e. The summed E-state index contributed by atoms with van der Waals surface area (Å²) in [4.78, 5) is 5.45. The zero-order valence-electron chi connectivity index (χ0n) is 10.2. The van der Waals surface area contributed by atoms with E-state index in [-0.39, 0.29) is 11.4 Å². The van der Waals surface area contributed by atoms with E-state index in [4.69, 9.17) is 0 Å². The van der Waals surface area contributed by atoms with Crippen LogP contribution in [0.2, 0.25) is 0 Å². The Balaban J connectivity index is 1.69. The number of benzene rings is 1. The third-order valence-electron chi connectivity index (χ3n) is 3.30. The van der Waals surface area contributed by atoms with E-state index in [1.54, 1.807) is 16.4 Å². The zero-order valence-corrected chi connectivity index (χ0v) is 11.0. The average molecular weight is 261 g/mol. The van der Waals surface area contributed by atoms with Gasteiger partial charge in [0.05, 0.1) is 6.10 Å². The fraction of sp³-hybridized carbons (Fsp3) is 0.385. The second-order valence-electron chi connectivity index (χ2n) is 4.54. The van der Waals surface area contributed by atoms with Gasteiger partial charge in [0.2, 0.25) is 0 Å². The number of aliphatic hydroxyl groups is 1. The number of aliphatic hydroxyl groups excluding tert-OH is 1. The molecule has 0 aliphatic carbocycles. The minimum atomic E-state index is -0.384. The highest BCUT2D eigenvalue weighted by molar-refractivity contribution is 8.00. The van der Waals surface area contributed by atoms with E-state index in [1.807, 2.05) is 13.1 Å². The van der Waals surface area contributed by atoms with Crippen molar-refractivity contribution in [2.45, 2.75) is 29.1 Å². The van der Waals surface area contributed by atoms with Crippen LogP contribution in [0.5, 0.6) is 0 Å². The van der Waals surface area contributed by atoms with Crippen molar-refractivity contribution < 1.29 is 5.11 Å². The summed E-state index contributed by atoms with van der Waals surface area (Å²) in [5, 5.41) is 14.6. The smallest absolute Gasteiger partial charge is 0.138 e. The van der Waals surface area contributed by atoms with Crippen molar-refractivity contribution in [2.75, 3.05) is 0 Å². The van der Waals surface area contributed by atoms with Gasteiger partial charge in [-0.25, -0.2) is 4.98 Å². The van der Waals surface area contributed by atoms with Crippen LogP contribution in [0.4, 0.5) is 0 Å². The van der Waals surface area contributed by atoms with Crippen LogP contribution in [0.25, 0.3) is 0 Å². The number of fused-ring (bicyclic) bond motifs is 1. The Hall–Kier alpha value is -1.33. The summed E-state index contributed by atoms with van der Waals surface area (Å²) in [5.74, 6) is 0.832. The SMILES string of the molecule is Cn1ncnc1CC(O)C1Cc2ccccc2S1. The van der Waals surface area contributed by atoms with Crippen molar-refractivity contribution in [1.29, 1.82) is 0 Å². The lowest BCUT2D eigenvalue weighted by Gasteiger charge is -2.16. The monoisotopic (exact) mass is 261 g/mol. The van der Waals surface area contributed by atoms with Gasteiger partial charge < -0.3 is 5.11 Å². The minimum absolute atomic E-state index is 0.221. The highest BCUT2D eigenvalue weighted by Crippen LogP contribution is 2.38. The Kier molecular flexibility index (Phi) is 3.09. The molecule has 4 nitrogen and oxygen atoms in total. The molecule has 2 unspecified atom stereocenters. The summed E-state index contributed by atoms with van der Waals surface area (Å²) in [6.45, 7) is 0. The molecule has 1 aromatic heterocycles. The predicted octanol–water partition coefficient (Wildman–Crippen LogP) is 1.44. The van der Waals surface area contributed by atoms with Gasteiger partial charge in [-0.05, 0) is 18.1 Å². The summed E-state index contributed by atoms with van der Waals surface area (Å²) < 4.78 is 1.72. The van der Waals surface area contributed by atoms with E-state index >= 15 is 0 Å². The van der Waals surface area contributed by atoms with Crippen LogP contribution in [0.3, 0.4) is 0 Å². The topological polar surface area (TPSA) is 50.9 Å². The second-order valence-corrected chi connectivity index (χ2v) is 5.82. The first-order valence-corrected chi connectivity index (χ1v) is 6.87. The lowest BCUT2D eigenvalue weighted by atomic mass is 10.0. The molecule has 0 amide bonds. The fourth-order valence-electron chi connectivity index (χ4n) is 2.25. The molecule has 1 aliphatic heterocycles. The lowest BCUT2D eigenvalue weighted by molar-refractivity contribution is 0.168. The van der Waals surface area contributed by atoms with E-state index in [0.29, 0.717) is 6.42 Å². The van der Waals surface area contributed by atoms with Crippen molar-refractivity contribution in [3.8, 4) is 0 Å². The number of aryl methyl sites for hydroxylation is 1. The van der Waals surface area contributed by atoms with Gasteiger partial charge >= 0.3 is 0 Å². The first kappa shape index (κ1) is 11.7. The Bertz CT molecular complexity index is 530. The molecule has 1 N–H and O–H groups in total. The second kappa shape index (κ2) is 4.74. The third-order valence-corrected chi connectivity index (χ3v) is 4.73. The molecule has 94 valence electrons. The first-order chi connectivity index (χ1) is 8.74. The Morgan fingerprint density at radius 1 is 1.50 bits per heavy atom. The summed E-state index contributed by atoms with van der Waals surface area (Å²) in [7, 11) is 1.85. The van der Waals surface area contributed by atoms with Crippen LogP contribution in [-0.4, -0.2) is 31.2 Å². The Morgan fingerprint density at radius 2 is 2.33 bits per heavy atom. The maximum absolute atomic E-state index is 10.3. The van der Waals surface area contributed by atoms with Gasteiger partial charge in [0.25, 0.3) is 0 Å². The molecule has 0 saturated carbocycles. The molecule has 2 aromatic rings. The summed E-state index contributed by atoms with van der Waals surface area (Å²) in [6, 6.07) is 8.35. The summed E-state index contributed by atoms with van der Waals surface area (Å²) >= 11 is 1.76. The fourth-order valence-corrected chi connectivity index (χ4v) is 3.55. The molecule has 0 spiro atoms. The Labute approximate surface area is 110 Å². The van der Waals surface area contributed by atoms with Gasteiger partial charge in [-0.15, -0.1) is 11.8 Å². The average Bonchev–Trinajstić information content (AvgIpc) is 2.96. The quantitative estimate of drug-likeness (QED) is 0.908.